The van der Waals surface area contributed by atoms with Crippen LogP contribution >= 0.6 is 0 Å². The summed E-state index contributed by atoms with van der Waals surface area (Å²) in [5.41, 5.74) is 3.28. The summed E-state index contributed by atoms with van der Waals surface area (Å²) in [6.45, 7) is 4.14. The summed E-state index contributed by atoms with van der Waals surface area (Å²) < 4.78 is 0. The van der Waals surface area contributed by atoms with Crippen molar-refractivity contribution in [1.82, 2.24) is 15.1 Å². The molecule has 2 unspecified atom stereocenters. The zero-order chi connectivity index (χ0) is 23.8. The first-order valence-corrected chi connectivity index (χ1v) is 11.5. The number of carbonyl (C=O) groups excluding carboxylic acids is 4. The molecule has 3 heterocycles. The van der Waals surface area contributed by atoms with Gasteiger partial charge in [0, 0.05) is 43.2 Å². The van der Waals surface area contributed by atoms with E-state index in [0.29, 0.717) is 11.6 Å². The maximum Gasteiger partial charge on any atom is 0.278 e. The van der Waals surface area contributed by atoms with Crippen LogP contribution in [0.5, 0.6) is 0 Å². The summed E-state index contributed by atoms with van der Waals surface area (Å²) in [5.74, 6) is -1.59. The van der Waals surface area contributed by atoms with Gasteiger partial charge in [0.1, 0.15) is 11.7 Å². The number of carbonyl (C=O) groups is 4. The Morgan fingerprint density at radius 3 is 2.50 bits per heavy atom. The summed E-state index contributed by atoms with van der Waals surface area (Å²) in [7, 11) is 0. The molecule has 2 aromatic rings. The zero-order valence-electron chi connectivity index (χ0n) is 18.9. The Bertz CT molecular complexity index is 1190. The lowest BCUT2D eigenvalue weighted by atomic mass is 9.89. The Morgan fingerprint density at radius 2 is 1.76 bits per heavy atom. The van der Waals surface area contributed by atoms with Gasteiger partial charge in [-0.05, 0) is 36.6 Å². The van der Waals surface area contributed by atoms with Crippen molar-refractivity contribution in [2.75, 3.05) is 18.4 Å². The van der Waals surface area contributed by atoms with Gasteiger partial charge in [-0.25, -0.2) is 0 Å². The number of nitrogens with zero attached hydrogens (tertiary/aromatic N) is 2. The van der Waals surface area contributed by atoms with Gasteiger partial charge >= 0.3 is 0 Å². The Balaban J connectivity index is 1.23. The predicted molar refractivity (Wildman–Crippen MR) is 125 cm³/mol. The van der Waals surface area contributed by atoms with Gasteiger partial charge in [-0.15, -0.1) is 0 Å². The average Bonchev–Trinajstić information content (AvgIpc) is 3.06. The highest BCUT2D eigenvalue weighted by molar-refractivity contribution is 6.20. The first-order chi connectivity index (χ1) is 16.4. The van der Waals surface area contributed by atoms with Gasteiger partial charge in [0.2, 0.25) is 11.8 Å². The minimum absolute atomic E-state index is 0.0950. The van der Waals surface area contributed by atoms with E-state index in [1.165, 1.54) is 11.6 Å². The highest BCUT2D eigenvalue weighted by atomic mass is 16.2. The molecule has 0 radical (unpaired) electrons. The van der Waals surface area contributed by atoms with E-state index in [0.717, 1.165) is 23.6 Å². The van der Waals surface area contributed by atoms with Gasteiger partial charge in [0.05, 0.1) is 0 Å². The van der Waals surface area contributed by atoms with Crippen LogP contribution in [0.2, 0.25) is 0 Å². The summed E-state index contributed by atoms with van der Waals surface area (Å²) in [4.78, 5) is 52.3. The van der Waals surface area contributed by atoms with Gasteiger partial charge < -0.3 is 5.32 Å². The number of amides is 4. The molecular weight excluding hydrogens is 432 g/mol. The SMILES string of the molecule is CC(c1cccc(NC2=CC(=O)N(C3CCC(=O)NC3=O)C2=O)c1)N1CC(c2ccccc2)C1. The van der Waals surface area contributed by atoms with Crippen molar-refractivity contribution in [3.05, 3.63) is 77.5 Å². The van der Waals surface area contributed by atoms with Crippen molar-refractivity contribution < 1.29 is 19.2 Å². The number of hydrogen-bond donors (Lipinski definition) is 2. The molecule has 0 spiro atoms. The minimum Gasteiger partial charge on any atom is -0.351 e. The summed E-state index contributed by atoms with van der Waals surface area (Å²) >= 11 is 0. The Kier molecular flexibility index (Phi) is 5.75. The van der Waals surface area contributed by atoms with Crippen LogP contribution < -0.4 is 10.6 Å². The first-order valence-electron chi connectivity index (χ1n) is 11.5. The van der Waals surface area contributed by atoms with Crippen molar-refractivity contribution in [3.8, 4) is 0 Å². The van der Waals surface area contributed by atoms with E-state index >= 15 is 0 Å². The quantitative estimate of drug-likeness (QED) is 0.645. The molecule has 8 nitrogen and oxygen atoms in total. The third-order valence-corrected chi connectivity index (χ3v) is 6.85. The molecule has 2 N–H and O–H groups in total. The minimum atomic E-state index is -0.969. The van der Waals surface area contributed by atoms with Crippen LogP contribution in [0.25, 0.3) is 0 Å². The molecule has 5 rings (SSSR count). The van der Waals surface area contributed by atoms with Crippen LogP contribution in [0.1, 0.15) is 42.9 Å². The fourth-order valence-corrected chi connectivity index (χ4v) is 4.81. The molecule has 0 saturated carbocycles. The molecule has 4 amide bonds. The predicted octanol–water partition coefficient (Wildman–Crippen LogP) is 2.32. The third-order valence-electron chi connectivity index (χ3n) is 6.85. The molecule has 0 aliphatic carbocycles. The highest BCUT2D eigenvalue weighted by Gasteiger charge is 2.42. The number of hydrogen-bond acceptors (Lipinski definition) is 6. The van der Waals surface area contributed by atoms with E-state index in [9.17, 15) is 19.2 Å². The number of benzene rings is 2. The van der Waals surface area contributed by atoms with Crippen LogP contribution in [-0.4, -0.2) is 52.6 Å². The van der Waals surface area contributed by atoms with Gasteiger partial charge in [0.25, 0.3) is 11.8 Å². The normalized spacial score (nSPS) is 22.3. The zero-order valence-corrected chi connectivity index (χ0v) is 18.9. The fourth-order valence-electron chi connectivity index (χ4n) is 4.81. The van der Waals surface area contributed by atoms with E-state index in [-0.39, 0.29) is 24.6 Å². The third kappa shape index (κ3) is 4.12. The summed E-state index contributed by atoms with van der Waals surface area (Å²) in [5, 5.41) is 5.25. The molecule has 2 atom stereocenters. The second-order valence-electron chi connectivity index (χ2n) is 9.03. The lowest BCUT2D eigenvalue weighted by Crippen LogP contribution is -2.54. The van der Waals surface area contributed by atoms with E-state index in [1.54, 1.807) is 0 Å². The van der Waals surface area contributed by atoms with Crippen LogP contribution in [0.4, 0.5) is 5.69 Å². The van der Waals surface area contributed by atoms with Crippen LogP contribution in [0.3, 0.4) is 0 Å². The van der Waals surface area contributed by atoms with Crippen molar-refractivity contribution in [1.29, 1.82) is 0 Å². The second kappa shape index (κ2) is 8.87. The number of nitrogens with one attached hydrogen (secondary N) is 2. The van der Waals surface area contributed by atoms with Crippen LogP contribution in [0, 0.1) is 0 Å². The molecular formula is C26H26N4O4. The lowest BCUT2D eigenvalue weighted by molar-refractivity contribution is -0.149. The van der Waals surface area contributed by atoms with E-state index in [1.807, 2.05) is 24.3 Å². The molecule has 3 aliphatic heterocycles. The van der Waals surface area contributed by atoms with Crippen molar-refractivity contribution in [3.63, 3.8) is 0 Å². The van der Waals surface area contributed by atoms with Gasteiger partial charge in [0.15, 0.2) is 0 Å². The number of piperidine rings is 1. The molecule has 8 heteroatoms. The molecule has 0 aromatic heterocycles. The number of rotatable bonds is 6. The van der Waals surface area contributed by atoms with Crippen molar-refractivity contribution in [2.45, 2.75) is 37.8 Å². The maximum atomic E-state index is 12.9. The van der Waals surface area contributed by atoms with Crippen LogP contribution in [-0.2, 0) is 19.2 Å². The van der Waals surface area contributed by atoms with Crippen molar-refractivity contribution in [2.24, 2.45) is 0 Å². The van der Waals surface area contributed by atoms with E-state index in [4.69, 9.17) is 0 Å². The van der Waals surface area contributed by atoms with E-state index in [2.05, 4.69) is 52.8 Å². The molecule has 3 aliphatic rings. The van der Waals surface area contributed by atoms with E-state index < -0.39 is 29.7 Å². The average molecular weight is 459 g/mol. The molecule has 2 fully saturated rings. The number of imide groups is 2. The molecule has 34 heavy (non-hydrogen) atoms. The topological polar surface area (TPSA) is 98.8 Å². The summed E-state index contributed by atoms with van der Waals surface area (Å²) in [6, 6.07) is 17.5. The summed E-state index contributed by atoms with van der Waals surface area (Å²) in [6.07, 6.45) is 1.44. The van der Waals surface area contributed by atoms with Crippen LogP contribution in [0.15, 0.2) is 66.4 Å². The number of anilines is 1. The standard InChI is InChI=1S/C26H26N4O4/c1-16(29-14-19(15-29)17-6-3-2-4-7-17)18-8-5-9-20(12-18)27-21-13-24(32)30(26(21)34)22-10-11-23(31)28-25(22)33/h2-9,12-13,16,19,22,27H,10-11,14-15H2,1H3,(H,28,31,33). The fraction of sp³-hybridized carbons (Fsp3) is 0.308. The molecule has 174 valence electrons. The maximum absolute atomic E-state index is 12.9. The highest BCUT2D eigenvalue weighted by Crippen LogP contribution is 2.35. The molecule has 2 saturated heterocycles. The van der Waals surface area contributed by atoms with Gasteiger partial charge in [-0.2, -0.15) is 0 Å². The largest absolute Gasteiger partial charge is 0.351 e. The first kappa shape index (κ1) is 22.0. The lowest BCUT2D eigenvalue weighted by Gasteiger charge is -2.43. The molecule has 2 aromatic carbocycles. The Morgan fingerprint density at radius 1 is 1.00 bits per heavy atom. The Hall–Kier alpha value is -3.78. The smallest absolute Gasteiger partial charge is 0.278 e. The second-order valence-corrected chi connectivity index (χ2v) is 9.03. The molecule has 0 bridgehead atoms. The van der Waals surface area contributed by atoms with Gasteiger partial charge in [-0.3, -0.25) is 34.3 Å². The monoisotopic (exact) mass is 458 g/mol. The van der Waals surface area contributed by atoms with Crippen molar-refractivity contribution >= 4 is 29.3 Å². The number of likely N-dealkylation sites (tertiary alicyclic amines) is 1. The Labute approximate surface area is 197 Å². The van der Waals surface area contributed by atoms with Gasteiger partial charge in [-0.1, -0.05) is 42.5 Å².